The van der Waals surface area contributed by atoms with Gasteiger partial charge in [0.05, 0.1) is 34.9 Å². The first-order valence-electron chi connectivity index (χ1n) is 7.89. The van der Waals surface area contributed by atoms with Gasteiger partial charge in [-0.1, -0.05) is 12.1 Å². The monoisotopic (exact) mass is 314 g/mol. The molecule has 2 atom stereocenters. The molecule has 1 aliphatic rings. The van der Waals surface area contributed by atoms with E-state index in [0.717, 1.165) is 30.2 Å². The molecule has 0 spiro atoms. The first-order chi connectivity index (χ1) is 11.2. The number of benzene rings is 2. The van der Waals surface area contributed by atoms with Crippen molar-refractivity contribution in [1.82, 2.24) is 0 Å². The smallest absolute Gasteiger partial charge is 0.161 e. The van der Waals surface area contributed by atoms with Crippen LogP contribution in [0.3, 0.4) is 0 Å². The van der Waals surface area contributed by atoms with Crippen LogP contribution in [0, 0.1) is 0 Å². The van der Waals surface area contributed by atoms with Gasteiger partial charge in [0.2, 0.25) is 0 Å². The summed E-state index contributed by atoms with van der Waals surface area (Å²) in [6.07, 6.45) is 1.04. The van der Waals surface area contributed by atoms with Crippen LogP contribution < -0.4 is 19.1 Å². The minimum Gasteiger partial charge on any atom is -0.497 e. The molecule has 1 aliphatic heterocycles. The molecule has 23 heavy (non-hydrogen) atoms. The third-order valence-electron chi connectivity index (χ3n) is 4.66. The molecule has 0 fully saturated rings. The highest BCUT2D eigenvalue weighted by Crippen LogP contribution is 2.36. The highest BCUT2D eigenvalue weighted by atomic mass is 16.5. The lowest BCUT2D eigenvalue weighted by molar-refractivity contribution is -0.908. The van der Waals surface area contributed by atoms with E-state index in [2.05, 4.69) is 37.4 Å². The van der Waals surface area contributed by atoms with Crippen molar-refractivity contribution in [3.05, 3.63) is 53.1 Å². The average molecular weight is 314 g/mol. The van der Waals surface area contributed by atoms with Crippen LogP contribution in [0.15, 0.2) is 36.4 Å². The van der Waals surface area contributed by atoms with Crippen LogP contribution in [0.1, 0.15) is 22.7 Å². The molecule has 1 N–H and O–H groups in total. The van der Waals surface area contributed by atoms with E-state index in [4.69, 9.17) is 14.2 Å². The molecule has 0 saturated carbocycles. The molecule has 0 saturated heterocycles. The molecule has 4 nitrogen and oxygen atoms in total. The number of hydrogen-bond donors (Lipinski definition) is 1. The standard InChI is InChI=1S/C19H23NO3/c1-20-9-8-13-11-17(22-3)18(23-4)12-16(13)19(20)14-6-5-7-15(10-14)21-2/h5-7,10-12,19H,8-9H2,1-4H3/p+1/t19-/m0/s1. The Morgan fingerprint density at radius 2 is 1.70 bits per heavy atom. The van der Waals surface area contributed by atoms with Crippen LogP contribution in [-0.4, -0.2) is 34.9 Å². The third-order valence-corrected chi connectivity index (χ3v) is 4.66. The molecule has 122 valence electrons. The summed E-state index contributed by atoms with van der Waals surface area (Å²) in [6, 6.07) is 12.8. The molecule has 0 bridgehead atoms. The minimum absolute atomic E-state index is 0.272. The second-order valence-corrected chi connectivity index (χ2v) is 5.96. The van der Waals surface area contributed by atoms with Gasteiger partial charge in [-0.25, -0.2) is 0 Å². The Morgan fingerprint density at radius 3 is 2.39 bits per heavy atom. The maximum Gasteiger partial charge on any atom is 0.161 e. The minimum atomic E-state index is 0.272. The van der Waals surface area contributed by atoms with E-state index < -0.39 is 0 Å². The van der Waals surface area contributed by atoms with Crippen LogP contribution in [0.2, 0.25) is 0 Å². The number of nitrogens with one attached hydrogen (secondary N) is 1. The summed E-state index contributed by atoms with van der Waals surface area (Å²) in [5, 5.41) is 0. The van der Waals surface area contributed by atoms with Crippen LogP contribution >= 0.6 is 0 Å². The zero-order valence-corrected chi connectivity index (χ0v) is 14.2. The second-order valence-electron chi connectivity index (χ2n) is 5.96. The Balaban J connectivity index is 2.12. The Kier molecular flexibility index (Phi) is 4.44. The van der Waals surface area contributed by atoms with Gasteiger partial charge in [-0.3, -0.25) is 0 Å². The normalized spacial score (nSPS) is 19.8. The molecule has 1 heterocycles. The van der Waals surface area contributed by atoms with Crippen molar-refractivity contribution in [2.24, 2.45) is 0 Å². The highest BCUT2D eigenvalue weighted by Gasteiger charge is 2.31. The molecule has 1 unspecified atom stereocenters. The van der Waals surface area contributed by atoms with Crippen molar-refractivity contribution in [2.75, 3.05) is 34.9 Å². The summed E-state index contributed by atoms with van der Waals surface area (Å²) in [5.74, 6) is 2.48. The molecular formula is C19H24NO3+. The predicted octanol–water partition coefficient (Wildman–Crippen LogP) is 1.87. The van der Waals surface area contributed by atoms with E-state index in [9.17, 15) is 0 Å². The largest absolute Gasteiger partial charge is 0.497 e. The van der Waals surface area contributed by atoms with Gasteiger partial charge in [-0.15, -0.1) is 0 Å². The fraction of sp³-hybridized carbons (Fsp3) is 0.368. The van der Waals surface area contributed by atoms with E-state index in [0.29, 0.717) is 0 Å². The fourth-order valence-corrected chi connectivity index (χ4v) is 3.45. The Hall–Kier alpha value is -2.20. The summed E-state index contributed by atoms with van der Waals surface area (Å²) in [7, 11) is 7.32. The van der Waals surface area contributed by atoms with E-state index in [1.54, 1.807) is 21.3 Å². The van der Waals surface area contributed by atoms with Gasteiger partial charge in [0, 0.05) is 17.5 Å². The van der Waals surface area contributed by atoms with Crippen molar-refractivity contribution in [3.8, 4) is 17.2 Å². The zero-order chi connectivity index (χ0) is 16.4. The molecule has 0 amide bonds. The Bertz CT molecular complexity index is 699. The number of fused-ring (bicyclic) bond motifs is 1. The molecule has 4 heteroatoms. The van der Waals surface area contributed by atoms with Crippen LogP contribution in [0.5, 0.6) is 17.2 Å². The highest BCUT2D eigenvalue weighted by molar-refractivity contribution is 5.51. The number of rotatable bonds is 4. The number of hydrogen-bond acceptors (Lipinski definition) is 3. The number of quaternary nitrogens is 1. The molecular weight excluding hydrogens is 290 g/mol. The van der Waals surface area contributed by atoms with Crippen LogP contribution in [0.4, 0.5) is 0 Å². The molecule has 2 aromatic rings. The Morgan fingerprint density at radius 1 is 0.957 bits per heavy atom. The van der Waals surface area contributed by atoms with E-state index in [1.807, 2.05) is 6.07 Å². The van der Waals surface area contributed by atoms with Crippen molar-refractivity contribution in [1.29, 1.82) is 0 Å². The molecule has 2 aromatic carbocycles. The molecule has 0 aromatic heterocycles. The van der Waals surface area contributed by atoms with Crippen molar-refractivity contribution in [2.45, 2.75) is 12.5 Å². The van der Waals surface area contributed by atoms with Gasteiger partial charge in [0.1, 0.15) is 11.8 Å². The van der Waals surface area contributed by atoms with Gasteiger partial charge < -0.3 is 19.1 Å². The summed E-state index contributed by atoms with van der Waals surface area (Å²) in [5.41, 5.74) is 3.90. The summed E-state index contributed by atoms with van der Waals surface area (Å²) < 4.78 is 16.4. The topological polar surface area (TPSA) is 32.1 Å². The first kappa shape index (κ1) is 15.7. The molecule has 0 aliphatic carbocycles. The Labute approximate surface area is 137 Å². The van der Waals surface area contributed by atoms with E-state index in [-0.39, 0.29) is 6.04 Å². The maximum atomic E-state index is 5.51. The quantitative estimate of drug-likeness (QED) is 0.935. The van der Waals surface area contributed by atoms with Gasteiger partial charge in [0.25, 0.3) is 0 Å². The van der Waals surface area contributed by atoms with Gasteiger partial charge in [0.15, 0.2) is 11.5 Å². The zero-order valence-electron chi connectivity index (χ0n) is 14.2. The number of likely N-dealkylation sites (N-methyl/N-ethyl adjacent to an activating group) is 1. The van der Waals surface area contributed by atoms with Gasteiger partial charge in [-0.05, 0) is 29.8 Å². The summed E-state index contributed by atoms with van der Waals surface area (Å²) >= 11 is 0. The summed E-state index contributed by atoms with van der Waals surface area (Å²) in [6.45, 7) is 1.09. The molecule has 3 rings (SSSR count). The SMILES string of the molecule is COc1cccc([C@H]2c3cc(OC)c(OC)cc3CC[NH+]2C)c1. The van der Waals surface area contributed by atoms with Gasteiger partial charge in [-0.2, -0.15) is 0 Å². The lowest BCUT2D eigenvalue weighted by Crippen LogP contribution is -3.10. The lowest BCUT2D eigenvalue weighted by Gasteiger charge is -2.32. The first-order valence-corrected chi connectivity index (χ1v) is 7.89. The number of ether oxygens (including phenoxy) is 3. The third kappa shape index (κ3) is 2.86. The lowest BCUT2D eigenvalue weighted by atomic mass is 9.88. The van der Waals surface area contributed by atoms with Crippen LogP contribution in [0.25, 0.3) is 0 Å². The maximum absolute atomic E-state index is 5.51. The van der Waals surface area contributed by atoms with Gasteiger partial charge >= 0.3 is 0 Å². The van der Waals surface area contributed by atoms with Crippen molar-refractivity contribution < 1.29 is 19.1 Å². The average Bonchev–Trinajstić information content (AvgIpc) is 2.60. The van der Waals surface area contributed by atoms with Crippen molar-refractivity contribution in [3.63, 3.8) is 0 Å². The predicted molar refractivity (Wildman–Crippen MR) is 89.8 cm³/mol. The van der Waals surface area contributed by atoms with E-state index in [1.165, 1.54) is 21.6 Å². The van der Waals surface area contributed by atoms with E-state index >= 15 is 0 Å². The molecule has 0 radical (unpaired) electrons. The second kappa shape index (κ2) is 6.50. The van der Waals surface area contributed by atoms with Crippen molar-refractivity contribution >= 4 is 0 Å². The number of methoxy groups -OCH3 is 3. The van der Waals surface area contributed by atoms with Crippen LogP contribution in [-0.2, 0) is 6.42 Å². The fourth-order valence-electron chi connectivity index (χ4n) is 3.45. The summed E-state index contributed by atoms with van der Waals surface area (Å²) in [4.78, 5) is 1.47.